The standard InChI is InChI=1S/C16H28O5/c1-2-8-18-16(7-1)19-10-4-9-17-14-5-3-6-15(14)21-12-13-11-20-13/h13-16H,1-12H2. The highest BCUT2D eigenvalue weighted by molar-refractivity contribution is 4.80. The van der Waals surface area contributed by atoms with E-state index in [2.05, 4.69) is 0 Å². The Hall–Kier alpha value is -0.200. The summed E-state index contributed by atoms with van der Waals surface area (Å²) in [5.74, 6) is 0. The molecule has 2 saturated heterocycles. The van der Waals surface area contributed by atoms with Crippen LogP contribution in [0.3, 0.4) is 0 Å². The quantitative estimate of drug-likeness (QED) is 0.483. The molecule has 3 aliphatic rings. The molecular formula is C16H28O5. The summed E-state index contributed by atoms with van der Waals surface area (Å²) < 4.78 is 28.3. The van der Waals surface area contributed by atoms with Crippen molar-refractivity contribution in [2.45, 2.75) is 69.5 Å². The van der Waals surface area contributed by atoms with Crippen LogP contribution in [-0.4, -0.2) is 57.6 Å². The molecule has 122 valence electrons. The third-order valence-electron chi connectivity index (χ3n) is 4.35. The second-order valence-electron chi connectivity index (χ2n) is 6.19. The first-order valence-corrected chi connectivity index (χ1v) is 8.50. The predicted molar refractivity (Wildman–Crippen MR) is 77.2 cm³/mol. The molecule has 1 saturated carbocycles. The fourth-order valence-electron chi connectivity index (χ4n) is 3.02. The van der Waals surface area contributed by atoms with Crippen molar-refractivity contribution in [1.29, 1.82) is 0 Å². The maximum Gasteiger partial charge on any atom is 0.157 e. The summed E-state index contributed by atoms with van der Waals surface area (Å²) in [5.41, 5.74) is 0. The van der Waals surface area contributed by atoms with Crippen molar-refractivity contribution < 1.29 is 23.7 Å². The number of ether oxygens (including phenoxy) is 5. The zero-order valence-corrected chi connectivity index (χ0v) is 12.8. The van der Waals surface area contributed by atoms with Crippen LogP contribution in [0.25, 0.3) is 0 Å². The monoisotopic (exact) mass is 300 g/mol. The lowest BCUT2D eigenvalue weighted by Gasteiger charge is -2.23. The van der Waals surface area contributed by atoms with Crippen LogP contribution in [0.2, 0.25) is 0 Å². The Balaban J connectivity index is 1.22. The summed E-state index contributed by atoms with van der Waals surface area (Å²) in [7, 11) is 0. The molecule has 21 heavy (non-hydrogen) atoms. The van der Waals surface area contributed by atoms with E-state index in [9.17, 15) is 0 Å². The molecule has 0 aromatic heterocycles. The normalized spacial score (nSPS) is 36.0. The minimum atomic E-state index is 0.0138. The van der Waals surface area contributed by atoms with Gasteiger partial charge in [-0.1, -0.05) is 0 Å². The van der Waals surface area contributed by atoms with Crippen molar-refractivity contribution in [3.8, 4) is 0 Å². The minimum Gasteiger partial charge on any atom is -0.375 e. The zero-order chi connectivity index (χ0) is 14.3. The highest BCUT2D eigenvalue weighted by Gasteiger charge is 2.31. The summed E-state index contributed by atoms with van der Waals surface area (Å²) in [5, 5.41) is 0. The Morgan fingerprint density at radius 3 is 2.38 bits per heavy atom. The smallest absolute Gasteiger partial charge is 0.157 e. The lowest BCUT2D eigenvalue weighted by molar-refractivity contribution is -0.165. The van der Waals surface area contributed by atoms with Crippen molar-refractivity contribution in [3.05, 3.63) is 0 Å². The second-order valence-corrected chi connectivity index (χ2v) is 6.19. The molecule has 0 aromatic carbocycles. The molecule has 0 aromatic rings. The maximum atomic E-state index is 5.97. The lowest BCUT2D eigenvalue weighted by Crippen LogP contribution is -2.28. The summed E-state index contributed by atoms with van der Waals surface area (Å²) in [6, 6.07) is 0. The molecule has 0 radical (unpaired) electrons. The van der Waals surface area contributed by atoms with Gasteiger partial charge in [-0.3, -0.25) is 0 Å². The molecule has 5 nitrogen and oxygen atoms in total. The van der Waals surface area contributed by atoms with Crippen LogP contribution in [0.4, 0.5) is 0 Å². The fourth-order valence-corrected chi connectivity index (χ4v) is 3.02. The van der Waals surface area contributed by atoms with Gasteiger partial charge in [-0.2, -0.15) is 0 Å². The highest BCUT2D eigenvalue weighted by Crippen LogP contribution is 2.26. The average molecular weight is 300 g/mol. The van der Waals surface area contributed by atoms with Crippen LogP contribution in [0.15, 0.2) is 0 Å². The van der Waals surface area contributed by atoms with E-state index in [-0.39, 0.29) is 18.5 Å². The summed E-state index contributed by atoms with van der Waals surface area (Å²) in [6.07, 6.45) is 8.64. The molecule has 4 atom stereocenters. The van der Waals surface area contributed by atoms with Gasteiger partial charge in [0.05, 0.1) is 32.0 Å². The van der Waals surface area contributed by atoms with Gasteiger partial charge in [0, 0.05) is 13.2 Å². The number of epoxide rings is 1. The number of hydrogen-bond acceptors (Lipinski definition) is 5. The van der Waals surface area contributed by atoms with Gasteiger partial charge in [0.2, 0.25) is 0 Å². The highest BCUT2D eigenvalue weighted by atomic mass is 16.7. The first kappa shape index (κ1) is 15.7. The van der Waals surface area contributed by atoms with E-state index in [1.165, 1.54) is 12.8 Å². The SMILES string of the molecule is C1CCC(OCCCOC2CCCC2OCC2CO2)OC1. The van der Waals surface area contributed by atoms with E-state index in [0.717, 1.165) is 65.1 Å². The van der Waals surface area contributed by atoms with E-state index < -0.39 is 0 Å². The zero-order valence-electron chi connectivity index (χ0n) is 12.8. The summed E-state index contributed by atoms with van der Waals surface area (Å²) >= 11 is 0. The molecule has 3 fully saturated rings. The van der Waals surface area contributed by atoms with Crippen LogP contribution in [0, 0.1) is 0 Å². The van der Waals surface area contributed by atoms with Gasteiger partial charge in [0.25, 0.3) is 0 Å². The number of rotatable bonds is 9. The van der Waals surface area contributed by atoms with E-state index in [4.69, 9.17) is 23.7 Å². The Kier molecular flexibility index (Phi) is 6.30. The van der Waals surface area contributed by atoms with Crippen LogP contribution < -0.4 is 0 Å². The van der Waals surface area contributed by atoms with Gasteiger partial charge in [-0.25, -0.2) is 0 Å². The molecule has 5 heteroatoms. The molecule has 0 amide bonds. The second kappa shape index (κ2) is 8.44. The lowest BCUT2D eigenvalue weighted by atomic mass is 10.2. The van der Waals surface area contributed by atoms with Gasteiger partial charge in [0.1, 0.15) is 6.10 Å². The van der Waals surface area contributed by atoms with E-state index >= 15 is 0 Å². The number of hydrogen-bond donors (Lipinski definition) is 0. The molecule has 2 aliphatic heterocycles. The van der Waals surface area contributed by atoms with Crippen LogP contribution in [0.5, 0.6) is 0 Å². The van der Waals surface area contributed by atoms with E-state index in [1.54, 1.807) is 0 Å². The predicted octanol–water partition coefficient (Wildman–Crippen LogP) is 2.27. The van der Waals surface area contributed by atoms with Crippen LogP contribution >= 0.6 is 0 Å². The average Bonchev–Trinajstić information content (AvgIpc) is 3.25. The van der Waals surface area contributed by atoms with Gasteiger partial charge in [-0.15, -0.1) is 0 Å². The van der Waals surface area contributed by atoms with Crippen LogP contribution in [0.1, 0.15) is 44.9 Å². The molecular weight excluding hydrogens is 272 g/mol. The first-order chi connectivity index (χ1) is 10.4. The van der Waals surface area contributed by atoms with Crippen molar-refractivity contribution in [1.82, 2.24) is 0 Å². The van der Waals surface area contributed by atoms with Crippen molar-refractivity contribution in [2.75, 3.05) is 33.0 Å². The minimum absolute atomic E-state index is 0.0138. The third-order valence-corrected chi connectivity index (χ3v) is 4.35. The molecule has 3 rings (SSSR count). The molecule has 0 bridgehead atoms. The van der Waals surface area contributed by atoms with Gasteiger partial charge < -0.3 is 23.7 Å². The molecule has 1 aliphatic carbocycles. The van der Waals surface area contributed by atoms with Crippen molar-refractivity contribution in [3.63, 3.8) is 0 Å². The summed E-state index contributed by atoms with van der Waals surface area (Å²) in [4.78, 5) is 0. The molecule has 4 unspecified atom stereocenters. The Morgan fingerprint density at radius 2 is 1.62 bits per heavy atom. The Bertz CT molecular complexity index is 288. The molecule has 2 heterocycles. The van der Waals surface area contributed by atoms with Gasteiger partial charge >= 0.3 is 0 Å². The molecule has 0 spiro atoms. The van der Waals surface area contributed by atoms with Crippen LogP contribution in [-0.2, 0) is 23.7 Å². The van der Waals surface area contributed by atoms with Gasteiger partial charge in [-0.05, 0) is 44.9 Å². The Labute approximate surface area is 127 Å². The van der Waals surface area contributed by atoms with Crippen molar-refractivity contribution in [2.24, 2.45) is 0 Å². The first-order valence-electron chi connectivity index (χ1n) is 8.50. The molecule has 0 N–H and O–H groups in total. The van der Waals surface area contributed by atoms with E-state index in [1.807, 2.05) is 0 Å². The van der Waals surface area contributed by atoms with Crippen molar-refractivity contribution >= 4 is 0 Å². The third kappa shape index (κ3) is 5.49. The van der Waals surface area contributed by atoms with Gasteiger partial charge in [0.15, 0.2) is 6.29 Å². The Morgan fingerprint density at radius 1 is 0.810 bits per heavy atom. The van der Waals surface area contributed by atoms with E-state index in [0.29, 0.717) is 6.10 Å². The largest absolute Gasteiger partial charge is 0.375 e. The topological polar surface area (TPSA) is 49.5 Å². The fraction of sp³-hybridized carbons (Fsp3) is 1.00. The summed E-state index contributed by atoms with van der Waals surface area (Å²) in [6.45, 7) is 3.90. The maximum absolute atomic E-state index is 5.97.